The minimum atomic E-state index is -4.84. The lowest BCUT2D eigenvalue weighted by Crippen LogP contribution is -2.15. The van der Waals surface area contributed by atoms with Crippen molar-refractivity contribution in [3.63, 3.8) is 0 Å². The van der Waals surface area contributed by atoms with E-state index in [1.165, 1.54) is 10.6 Å². The molecular weight excluding hydrogens is 533 g/mol. The zero-order valence-corrected chi connectivity index (χ0v) is 23.4. The summed E-state index contributed by atoms with van der Waals surface area (Å²) in [6.07, 6.45) is -0.878. The first-order valence-corrected chi connectivity index (χ1v) is 13.8. The highest BCUT2D eigenvalue weighted by molar-refractivity contribution is 7.99. The maximum Gasteiger partial charge on any atom is 0.573 e. The lowest BCUT2D eigenvalue weighted by Gasteiger charge is -2.11. The van der Waals surface area contributed by atoms with Crippen LogP contribution in [0.15, 0.2) is 88.3 Å². The molecule has 1 amide bonds. The van der Waals surface area contributed by atoms with Gasteiger partial charge >= 0.3 is 11.2 Å². The number of thioether (sulfide) groups is 1. The second-order valence-corrected chi connectivity index (χ2v) is 9.93. The summed E-state index contributed by atoms with van der Waals surface area (Å²) >= 11 is 2.72. The first kappa shape index (κ1) is 31.0. The van der Waals surface area contributed by atoms with Gasteiger partial charge < -0.3 is 10.1 Å². The fraction of sp³-hybridized carbons (Fsp3) is 0.286. The zero-order chi connectivity index (χ0) is 28.3. The van der Waals surface area contributed by atoms with Gasteiger partial charge in [-0.25, -0.2) is 0 Å². The van der Waals surface area contributed by atoms with Crippen LogP contribution in [-0.4, -0.2) is 22.6 Å². The standard InChI is InChI=1S/C26H25F3N2O3S2.C2H6/c1-4-17(13-20(5-2)34-26(27,28)29)16-31-22-12-9-19(15-23(22)36-25(31)33)30-24(32)14-18-7-10-21(11-8-18)35-6-3;1-2/h4-5,7-13,15H,2,6,14,16H2,1,3H3,(H,30,32);1-2H3/b17-4+,20-13+;. The van der Waals surface area contributed by atoms with Crippen molar-refractivity contribution in [3.8, 4) is 0 Å². The van der Waals surface area contributed by atoms with Gasteiger partial charge in [-0.1, -0.05) is 56.9 Å². The van der Waals surface area contributed by atoms with Crippen LogP contribution in [0.4, 0.5) is 18.9 Å². The van der Waals surface area contributed by atoms with Crippen LogP contribution >= 0.6 is 23.1 Å². The van der Waals surface area contributed by atoms with Gasteiger partial charge in [0.2, 0.25) is 5.91 Å². The molecule has 0 aliphatic carbocycles. The first-order valence-electron chi connectivity index (χ1n) is 12.0. The van der Waals surface area contributed by atoms with E-state index in [1.807, 2.05) is 38.1 Å². The normalized spacial score (nSPS) is 12.1. The molecule has 10 heteroatoms. The van der Waals surface area contributed by atoms with E-state index in [4.69, 9.17) is 0 Å². The van der Waals surface area contributed by atoms with E-state index in [2.05, 4.69) is 23.6 Å². The molecule has 1 N–H and O–H groups in total. The van der Waals surface area contributed by atoms with Crippen LogP contribution in [0, 0.1) is 0 Å². The molecule has 2 aromatic carbocycles. The summed E-state index contributed by atoms with van der Waals surface area (Å²) in [5.74, 6) is 0.331. The Balaban J connectivity index is 0.00000247. The van der Waals surface area contributed by atoms with Gasteiger partial charge in [0.25, 0.3) is 0 Å². The summed E-state index contributed by atoms with van der Waals surface area (Å²) in [6.45, 7) is 11.1. The molecule has 1 heterocycles. The summed E-state index contributed by atoms with van der Waals surface area (Å²) < 4.78 is 43.8. The van der Waals surface area contributed by atoms with Crippen molar-refractivity contribution in [2.75, 3.05) is 11.1 Å². The van der Waals surface area contributed by atoms with Crippen molar-refractivity contribution >= 4 is 44.9 Å². The van der Waals surface area contributed by atoms with Crippen molar-refractivity contribution in [1.29, 1.82) is 0 Å². The average molecular weight is 565 g/mol. The van der Waals surface area contributed by atoms with Crippen molar-refractivity contribution in [2.45, 2.75) is 51.9 Å². The minimum Gasteiger partial charge on any atom is -0.406 e. The number of aromatic nitrogens is 1. The van der Waals surface area contributed by atoms with Crippen LogP contribution in [0.5, 0.6) is 0 Å². The number of carbonyl (C=O) groups is 1. The third kappa shape index (κ3) is 9.25. The predicted molar refractivity (Wildman–Crippen MR) is 152 cm³/mol. The number of anilines is 1. The third-order valence-corrected chi connectivity index (χ3v) is 6.86. The van der Waals surface area contributed by atoms with E-state index in [9.17, 15) is 22.8 Å². The van der Waals surface area contributed by atoms with Crippen LogP contribution in [0.25, 0.3) is 10.2 Å². The van der Waals surface area contributed by atoms with E-state index in [0.717, 1.165) is 33.6 Å². The molecule has 0 fully saturated rings. The number of rotatable bonds is 10. The molecule has 0 aliphatic rings. The molecule has 0 saturated heterocycles. The smallest absolute Gasteiger partial charge is 0.406 e. The van der Waals surface area contributed by atoms with Crippen molar-refractivity contribution in [1.82, 2.24) is 4.57 Å². The quantitative estimate of drug-likeness (QED) is 0.154. The number of nitrogens with zero attached hydrogens (tertiary/aromatic N) is 1. The lowest BCUT2D eigenvalue weighted by molar-refractivity contribution is -0.303. The Morgan fingerprint density at radius 3 is 2.45 bits per heavy atom. The number of fused-ring (bicyclic) bond motifs is 1. The van der Waals surface area contributed by atoms with Crippen LogP contribution in [0.1, 0.15) is 33.3 Å². The maximum absolute atomic E-state index is 12.6. The summed E-state index contributed by atoms with van der Waals surface area (Å²) in [5.41, 5.74) is 2.50. The van der Waals surface area contributed by atoms with E-state index >= 15 is 0 Å². The fourth-order valence-electron chi connectivity index (χ4n) is 3.40. The van der Waals surface area contributed by atoms with Crippen molar-refractivity contribution in [2.24, 2.45) is 0 Å². The highest BCUT2D eigenvalue weighted by Gasteiger charge is 2.31. The van der Waals surface area contributed by atoms with Gasteiger partial charge in [-0.3, -0.25) is 14.2 Å². The molecule has 0 atom stereocenters. The van der Waals surface area contributed by atoms with E-state index in [0.29, 0.717) is 21.5 Å². The number of hydrogen-bond acceptors (Lipinski definition) is 5. The van der Waals surface area contributed by atoms with E-state index < -0.39 is 12.1 Å². The number of ether oxygens (including phenoxy) is 1. The zero-order valence-electron chi connectivity index (χ0n) is 21.7. The Morgan fingerprint density at radius 2 is 1.87 bits per heavy atom. The van der Waals surface area contributed by atoms with Crippen LogP contribution < -0.4 is 10.2 Å². The first-order chi connectivity index (χ1) is 18.1. The van der Waals surface area contributed by atoms with Gasteiger partial charge in [-0.2, -0.15) is 0 Å². The molecule has 0 spiro atoms. The van der Waals surface area contributed by atoms with Gasteiger partial charge in [0.05, 0.1) is 23.2 Å². The molecule has 0 bridgehead atoms. The summed E-state index contributed by atoms with van der Waals surface area (Å²) in [7, 11) is 0. The Bertz CT molecular complexity index is 1350. The number of thiazole rings is 1. The predicted octanol–water partition coefficient (Wildman–Crippen LogP) is 7.94. The highest BCUT2D eigenvalue weighted by atomic mass is 32.2. The number of allylic oxidation sites excluding steroid dienone is 4. The van der Waals surface area contributed by atoms with Crippen molar-refractivity contribution < 1.29 is 22.7 Å². The summed E-state index contributed by atoms with van der Waals surface area (Å²) in [5, 5.41) is 2.85. The molecule has 38 heavy (non-hydrogen) atoms. The van der Waals surface area contributed by atoms with Crippen LogP contribution in [0.2, 0.25) is 0 Å². The topological polar surface area (TPSA) is 60.3 Å². The molecule has 3 rings (SSSR count). The number of benzene rings is 2. The number of alkyl halides is 3. The van der Waals surface area contributed by atoms with Gasteiger partial charge in [-0.05, 0) is 66.3 Å². The molecule has 5 nitrogen and oxygen atoms in total. The largest absolute Gasteiger partial charge is 0.573 e. The summed E-state index contributed by atoms with van der Waals surface area (Å²) in [6, 6.07) is 12.9. The molecule has 0 radical (unpaired) electrons. The molecule has 0 unspecified atom stereocenters. The molecule has 3 aromatic rings. The Hall–Kier alpha value is -3.24. The Labute approximate surface area is 228 Å². The summed E-state index contributed by atoms with van der Waals surface area (Å²) in [4.78, 5) is 26.0. The monoisotopic (exact) mass is 564 g/mol. The number of nitrogens with one attached hydrogen (secondary N) is 1. The SMILES string of the molecule is C=C/C(=C\C(=C/C)Cn1c(=O)sc2cc(NC(=O)Cc3ccc(SCC)cc3)ccc21)OC(F)(F)F.CC. The van der Waals surface area contributed by atoms with Crippen LogP contribution in [0.3, 0.4) is 0 Å². The number of halogens is 3. The molecule has 0 saturated carbocycles. The van der Waals surface area contributed by atoms with Crippen molar-refractivity contribution in [3.05, 3.63) is 93.8 Å². The Morgan fingerprint density at radius 1 is 1.18 bits per heavy atom. The van der Waals surface area contributed by atoms with Gasteiger partial charge in [-0.15, -0.1) is 24.9 Å². The lowest BCUT2D eigenvalue weighted by atomic mass is 10.1. The Kier molecular flexibility index (Phi) is 11.9. The number of carbonyl (C=O) groups excluding carboxylic acids is 1. The third-order valence-electron chi connectivity index (χ3n) is 5.02. The molecular formula is C28H31F3N2O3S2. The van der Waals surface area contributed by atoms with Gasteiger partial charge in [0.15, 0.2) is 0 Å². The minimum absolute atomic E-state index is 0.0475. The molecule has 1 aromatic heterocycles. The second kappa shape index (κ2) is 14.6. The number of amides is 1. The number of hydrogen-bond donors (Lipinski definition) is 1. The van der Waals surface area contributed by atoms with Gasteiger partial charge in [0, 0.05) is 10.6 Å². The fourth-order valence-corrected chi connectivity index (χ4v) is 5.00. The highest BCUT2D eigenvalue weighted by Crippen LogP contribution is 2.25. The van der Waals surface area contributed by atoms with Gasteiger partial charge in [0.1, 0.15) is 5.76 Å². The molecule has 0 aliphatic heterocycles. The van der Waals surface area contributed by atoms with Crippen LogP contribution in [-0.2, 0) is 22.5 Å². The van der Waals surface area contributed by atoms with E-state index in [-0.39, 0.29) is 23.7 Å². The maximum atomic E-state index is 12.6. The van der Waals surface area contributed by atoms with E-state index in [1.54, 1.807) is 43.0 Å². The second-order valence-electron chi connectivity index (χ2n) is 7.60. The molecule has 204 valence electrons. The average Bonchev–Trinajstić information content (AvgIpc) is 3.18.